The summed E-state index contributed by atoms with van der Waals surface area (Å²) in [6.45, 7) is 0. The molecule has 5 aromatic rings. The van der Waals surface area contributed by atoms with E-state index in [0.29, 0.717) is 21.4 Å². The molecule has 0 aliphatic carbocycles. The molecule has 5 rings (SSSR count). The maximum Gasteiger partial charge on any atom is 0.257 e. The number of nitrogens with one attached hydrogen (secondary N) is 2. The molecule has 41 heavy (non-hydrogen) atoms. The van der Waals surface area contributed by atoms with Gasteiger partial charge in [0.05, 0.1) is 23.4 Å². The molecule has 0 radical (unpaired) electrons. The van der Waals surface area contributed by atoms with Crippen LogP contribution in [-0.4, -0.2) is 23.9 Å². The summed E-state index contributed by atoms with van der Waals surface area (Å²) in [6, 6.07) is 29.1. The van der Waals surface area contributed by atoms with Crippen molar-refractivity contribution in [1.82, 2.24) is 4.98 Å². The lowest BCUT2D eigenvalue weighted by molar-refractivity contribution is -0.115. The van der Waals surface area contributed by atoms with E-state index in [1.165, 1.54) is 29.2 Å². The maximum atomic E-state index is 13.6. The van der Waals surface area contributed by atoms with Crippen molar-refractivity contribution in [2.24, 2.45) is 0 Å². The molecular weight excluding hydrogens is 597 g/mol. The summed E-state index contributed by atoms with van der Waals surface area (Å²) in [5, 5.41) is 8.40. The number of nitrogens with zero attached hydrogens (tertiary/aromatic N) is 1. The molecule has 0 spiro atoms. The second-order valence-electron chi connectivity index (χ2n) is 8.77. The summed E-state index contributed by atoms with van der Waals surface area (Å²) in [5.74, 6) is 0.194. The van der Waals surface area contributed by atoms with Gasteiger partial charge in [0.1, 0.15) is 11.0 Å². The zero-order valence-electron chi connectivity index (χ0n) is 21.6. The Morgan fingerprint density at radius 1 is 0.902 bits per heavy atom. The van der Waals surface area contributed by atoms with E-state index in [4.69, 9.17) is 27.9 Å². The van der Waals surface area contributed by atoms with Gasteiger partial charge in [0.15, 0.2) is 5.13 Å². The SMILES string of the molecule is COc1ccc(-c2csc(NC(=O)C(Sc3cccc(NC(=O)c4ccc(Cl)cc4Cl)c3)c3ccccc3)n2)cc1. The molecule has 206 valence electrons. The number of thioether (sulfide) groups is 1. The van der Waals surface area contributed by atoms with Crippen molar-refractivity contribution < 1.29 is 14.3 Å². The lowest BCUT2D eigenvalue weighted by Gasteiger charge is -2.17. The number of thiazole rings is 1. The topological polar surface area (TPSA) is 80.3 Å². The number of hydrogen-bond donors (Lipinski definition) is 2. The van der Waals surface area contributed by atoms with Gasteiger partial charge in [-0.25, -0.2) is 4.98 Å². The van der Waals surface area contributed by atoms with E-state index in [0.717, 1.165) is 27.5 Å². The van der Waals surface area contributed by atoms with Crippen molar-refractivity contribution in [3.8, 4) is 17.0 Å². The lowest BCUT2D eigenvalue weighted by atomic mass is 10.1. The van der Waals surface area contributed by atoms with Crippen LogP contribution in [0.4, 0.5) is 10.8 Å². The van der Waals surface area contributed by atoms with Crippen molar-refractivity contribution in [2.45, 2.75) is 10.1 Å². The Morgan fingerprint density at radius 2 is 1.68 bits per heavy atom. The smallest absolute Gasteiger partial charge is 0.257 e. The van der Waals surface area contributed by atoms with Crippen LogP contribution in [0.3, 0.4) is 0 Å². The molecule has 1 heterocycles. The Bertz CT molecular complexity index is 1680. The Balaban J connectivity index is 1.33. The van der Waals surface area contributed by atoms with E-state index in [1.807, 2.05) is 78.2 Å². The van der Waals surface area contributed by atoms with Crippen LogP contribution in [0, 0.1) is 0 Å². The first-order chi connectivity index (χ1) is 19.9. The van der Waals surface area contributed by atoms with Crippen LogP contribution < -0.4 is 15.4 Å². The predicted octanol–water partition coefficient (Wildman–Crippen LogP) is 8.85. The first-order valence-electron chi connectivity index (χ1n) is 12.4. The molecule has 1 atom stereocenters. The average molecular weight is 621 g/mol. The number of aromatic nitrogens is 1. The third-order valence-corrected chi connectivity index (χ3v) is 8.54. The number of hydrogen-bond acceptors (Lipinski definition) is 6. The van der Waals surface area contributed by atoms with Crippen molar-refractivity contribution in [3.63, 3.8) is 0 Å². The van der Waals surface area contributed by atoms with Crippen molar-refractivity contribution in [1.29, 1.82) is 0 Å². The standard InChI is InChI=1S/C31H23Cl2N3O3S2/c1-39-23-13-10-19(11-14-23)27-18-40-31(35-27)36-30(38)28(20-6-3-2-4-7-20)41-24-9-5-8-22(17-24)34-29(37)25-15-12-21(32)16-26(25)33/h2-18,28H,1H3,(H,34,37)(H,35,36,38). The number of carbonyl (C=O) groups excluding carboxylic acids is 2. The summed E-state index contributed by atoms with van der Waals surface area (Å²) >= 11 is 14.9. The highest BCUT2D eigenvalue weighted by atomic mass is 35.5. The highest BCUT2D eigenvalue weighted by molar-refractivity contribution is 8.00. The van der Waals surface area contributed by atoms with E-state index >= 15 is 0 Å². The second kappa shape index (κ2) is 13.2. The molecule has 4 aromatic carbocycles. The monoisotopic (exact) mass is 619 g/mol. The number of halogens is 2. The third kappa shape index (κ3) is 7.28. The summed E-state index contributed by atoms with van der Waals surface area (Å²) in [5.41, 5.74) is 3.41. The van der Waals surface area contributed by atoms with Crippen molar-refractivity contribution >= 4 is 68.9 Å². The van der Waals surface area contributed by atoms with Gasteiger partial charge >= 0.3 is 0 Å². The van der Waals surface area contributed by atoms with Gasteiger partial charge in [-0.3, -0.25) is 9.59 Å². The summed E-state index contributed by atoms with van der Waals surface area (Å²) in [7, 11) is 1.62. The van der Waals surface area contributed by atoms with Crippen LogP contribution in [0.1, 0.15) is 21.2 Å². The van der Waals surface area contributed by atoms with Gasteiger partial charge in [-0.1, -0.05) is 59.6 Å². The third-order valence-electron chi connectivity index (χ3n) is 5.98. The average Bonchev–Trinajstić information content (AvgIpc) is 3.45. The largest absolute Gasteiger partial charge is 0.497 e. The van der Waals surface area contributed by atoms with Crippen LogP contribution in [0.5, 0.6) is 5.75 Å². The molecule has 2 N–H and O–H groups in total. The van der Waals surface area contributed by atoms with Gasteiger partial charge in [-0.2, -0.15) is 0 Å². The Hall–Kier alpha value is -3.82. The van der Waals surface area contributed by atoms with Gasteiger partial charge in [0.25, 0.3) is 5.91 Å². The number of anilines is 2. The highest BCUT2D eigenvalue weighted by Gasteiger charge is 2.23. The molecule has 2 amide bonds. The maximum absolute atomic E-state index is 13.6. The van der Waals surface area contributed by atoms with Crippen molar-refractivity contribution in [3.05, 3.63) is 124 Å². The molecule has 0 fully saturated rings. The van der Waals surface area contributed by atoms with Crippen molar-refractivity contribution in [2.75, 3.05) is 17.7 Å². The van der Waals surface area contributed by atoms with E-state index < -0.39 is 5.25 Å². The molecule has 1 unspecified atom stereocenters. The molecule has 0 aliphatic rings. The van der Waals surface area contributed by atoms with E-state index in [9.17, 15) is 9.59 Å². The second-order valence-corrected chi connectivity index (χ2v) is 11.7. The molecule has 0 aliphatic heterocycles. The number of methoxy groups -OCH3 is 1. The molecule has 0 saturated carbocycles. The number of ether oxygens (including phenoxy) is 1. The highest BCUT2D eigenvalue weighted by Crippen LogP contribution is 2.38. The first-order valence-corrected chi connectivity index (χ1v) is 14.9. The minimum Gasteiger partial charge on any atom is -0.497 e. The van der Waals surface area contributed by atoms with Crippen LogP contribution in [0.25, 0.3) is 11.3 Å². The minimum atomic E-state index is -0.568. The van der Waals surface area contributed by atoms with Crippen LogP contribution in [0.2, 0.25) is 10.0 Å². The van der Waals surface area contributed by atoms with E-state index in [-0.39, 0.29) is 16.8 Å². The Morgan fingerprint density at radius 3 is 2.41 bits per heavy atom. The summed E-state index contributed by atoms with van der Waals surface area (Å²) in [6.07, 6.45) is 0. The number of benzene rings is 4. The Labute approximate surface area is 255 Å². The zero-order chi connectivity index (χ0) is 28.8. The summed E-state index contributed by atoms with van der Waals surface area (Å²) in [4.78, 5) is 31.8. The fraction of sp³-hybridized carbons (Fsp3) is 0.0645. The summed E-state index contributed by atoms with van der Waals surface area (Å²) < 4.78 is 5.23. The fourth-order valence-corrected chi connectivity index (χ4v) is 6.25. The first kappa shape index (κ1) is 28.7. The molecule has 0 bridgehead atoms. The van der Waals surface area contributed by atoms with Crippen LogP contribution in [-0.2, 0) is 4.79 Å². The Kier molecular flexibility index (Phi) is 9.26. The molecule has 6 nitrogen and oxygen atoms in total. The molecule has 1 aromatic heterocycles. The normalized spacial score (nSPS) is 11.5. The molecule has 0 saturated heterocycles. The zero-order valence-corrected chi connectivity index (χ0v) is 24.8. The van der Waals surface area contributed by atoms with Gasteiger partial charge in [0, 0.05) is 26.5 Å². The number of carbonyl (C=O) groups is 2. The lowest BCUT2D eigenvalue weighted by Crippen LogP contribution is -2.19. The number of rotatable bonds is 9. The number of amides is 2. The van der Waals surface area contributed by atoms with Gasteiger partial charge < -0.3 is 15.4 Å². The van der Waals surface area contributed by atoms with E-state index in [2.05, 4.69) is 15.6 Å². The van der Waals surface area contributed by atoms with Gasteiger partial charge in [-0.05, 0) is 66.2 Å². The molecule has 10 heteroatoms. The molecular formula is C31H23Cl2N3O3S2. The minimum absolute atomic E-state index is 0.209. The quantitative estimate of drug-likeness (QED) is 0.161. The van der Waals surface area contributed by atoms with Gasteiger partial charge in [0.2, 0.25) is 5.91 Å². The van der Waals surface area contributed by atoms with Gasteiger partial charge in [-0.15, -0.1) is 23.1 Å². The van der Waals surface area contributed by atoms with E-state index in [1.54, 1.807) is 25.3 Å². The van der Waals surface area contributed by atoms with Crippen LogP contribution in [0.15, 0.2) is 107 Å². The predicted molar refractivity (Wildman–Crippen MR) is 169 cm³/mol. The fourth-order valence-electron chi connectivity index (χ4n) is 3.95. The van der Waals surface area contributed by atoms with Crippen LogP contribution >= 0.6 is 46.3 Å².